The highest BCUT2D eigenvalue weighted by Crippen LogP contribution is 2.25. The van der Waals surface area contributed by atoms with E-state index in [0.717, 1.165) is 12.1 Å². The van der Waals surface area contributed by atoms with Crippen molar-refractivity contribution in [2.45, 2.75) is 20.0 Å². The fourth-order valence-electron chi connectivity index (χ4n) is 1.58. The highest BCUT2D eigenvalue weighted by Gasteiger charge is 2.16. The molecule has 0 saturated heterocycles. The molecule has 0 saturated carbocycles. The van der Waals surface area contributed by atoms with Gasteiger partial charge >= 0.3 is 0 Å². The zero-order valence-electron chi connectivity index (χ0n) is 9.44. The Morgan fingerprint density at radius 1 is 1.39 bits per heavy atom. The lowest BCUT2D eigenvalue weighted by atomic mass is 10.2. The normalized spacial score (nSPS) is 11.2. The van der Waals surface area contributed by atoms with Crippen molar-refractivity contribution in [2.24, 2.45) is 0 Å². The first-order valence-electron chi connectivity index (χ1n) is 5.14. The van der Waals surface area contributed by atoms with Crippen LogP contribution in [-0.4, -0.2) is 20.1 Å². The lowest BCUT2D eigenvalue weighted by Crippen LogP contribution is -2.02. The number of aliphatic hydroxyl groups excluding tert-OH is 1. The van der Waals surface area contributed by atoms with Crippen molar-refractivity contribution in [3.8, 4) is 5.69 Å². The van der Waals surface area contributed by atoms with Crippen LogP contribution in [0, 0.1) is 12.7 Å². The summed E-state index contributed by atoms with van der Waals surface area (Å²) in [6.07, 6.45) is -2.90. The maximum atomic E-state index is 13.1. The molecule has 1 N–H and O–H groups in total. The molecule has 0 unspecified atom stereocenters. The van der Waals surface area contributed by atoms with Gasteiger partial charge in [0.2, 0.25) is 0 Å². The van der Waals surface area contributed by atoms with Gasteiger partial charge in [0.15, 0.2) is 0 Å². The van der Waals surface area contributed by atoms with E-state index in [4.69, 9.17) is 5.11 Å². The molecule has 96 valence electrons. The van der Waals surface area contributed by atoms with E-state index in [9.17, 15) is 13.2 Å². The summed E-state index contributed by atoms with van der Waals surface area (Å²) in [6.45, 7) is 1.34. The number of hydrogen-bond donors (Lipinski definition) is 1. The summed E-state index contributed by atoms with van der Waals surface area (Å²) in [5, 5.41) is 16.4. The van der Waals surface area contributed by atoms with Crippen LogP contribution in [0.15, 0.2) is 18.2 Å². The second-order valence-corrected chi connectivity index (χ2v) is 3.70. The Morgan fingerprint density at radius 2 is 2.11 bits per heavy atom. The predicted octanol–water partition coefficient (Wildman–Crippen LogP) is 2.14. The summed E-state index contributed by atoms with van der Waals surface area (Å²) in [6, 6.07) is 3.30. The van der Waals surface area contributed by atoms with Crippen molar-refractivity contribution in [1.29, 1.82) is 0 Å². The van der Waals surface area contributed by atoms with Gasteiger partial charge in [-0.1, -0.05) is 5.21 Å². The topological polar surface area (TPSA) is 50.9 Å². The molecule has 4 nitrogen and oxygen atoms in total. The zero-order chi connectivity index (χ0) is 13.3. The average Bonchev–Trinajstić information content (AvgIpc) is 2.71. The van der Waals surface area contributed by atoms with E-state index in [1.54, 1.807) is 6.92 Å². The lowest BCUT2D eigenvalue weighted by Gasteiger charge is -2.07. The molecule has 0 fully saturated rings. The fourth-order valence-corrected chi connectivity index (χ4v) is 1.58. The maximum Gasteiger partial charge on any atom is 0.266 e. The molecule has 0 radical (unpaired) electrons. The van der Waals surface area contributed by atoms with E-state index in [0.29, 0.717) is 11.4 Å². The standard InChI is InChI=1S/C11H10F3N3O/c1-6-10(5-18)15-16-17(6)7-2-3-9(12)8(4-7)11(13)14/h2-4,11,18H,5H2,1H3. The van der Waals surface area contributed by atoms with Gasteiger partial charge in [0.1, 0.15) is 11.5 Å². The Bertz CT molecular complexity index is 569. The Labute approximate surface area is 101 Å². The molecule has 18 heavy (non-hydrogen) atoms. The molecule has 1 heterocycles. The van der Waals surface area contributed by atoms with Crippen LogP contribution in [0.1, 0.15) is 23.4 Å². The SMILES string of the molecule is Cc1c(CO)nnn1-c1ccc(F)c(C(F)F)c1. The summed E-state index contributed by atoms with van der Waals surface area (Å²) >= 11 is 0. The molecule has 0 aliphatic heterocycles. The third kappa shape index (κ3) is 2.08. The van der Waals surface area contributed by atoms with Crippen molar-refractivity contribution in [3.05, 3.63) is 41.0 Å². The Kier molecular flexibility index (Phi) is 3.33. The highest BCUT2D eigenvalue weighted by molar-refractivity contribution is 5.38. The van der Waals surface area contributed by atoms with Crippen LogP contribution in [0.25, 0.3) is 5.69 Å². The number of hydrogen-bond acceptors (Lipinski definition) is 3. The highest BCUT2D eigenvalue weighted by atomic mass is 19.3. The second-order valence-electron chi connectivity index (χ2n) is 3.70. The summed E-state index contributed by atoms with van der Waals surface area (Å²) in [4.78, 5) is 0. The van der Waals surface area contributed by atoms with E-state index in [1.165, 1.54) is 10.7 Å². The smallest absolute Gasteiger partial charge is 0.266 e. The van der Waals surface area contributed by atoms with Gasteiger partial charge in [-0.25, -0.2) is 17.9 Å². The number of alkyl halides is 2. The minimum atomic E-state index is -2.90. The monoisotopic (exact) mass is 257 g/mol. The number of rotatable bonds is 3. The van der Waals surface area contributed by atoms with Crippen LogP contribution in [0.3, 0.4) is 0 Å². The van der Waals surface area contributed by atoms with Gasteiger partial charge in [-0.3, -0.25) is 0 Å². The molecule has 0 spiro atoms. The van der Waals surface area contributed by atoms with E-state index in [2.05, 4.69) is 10.3 Å². The van der Waals surface area contributed by atoms with E-state index in [1.807, 2.05) is 0 Å². The molecular formula is C11H10F3N3O. The fraction of sp³-hybridized carbons (Fsp3) is 0.273. The Morgan fingerprint density at radius 3 is 2.67 bits per heavy atom. The quantitative estimate of drug-likeness (QED) is 0.916. The van der Waals surface area contributed by atoms with Crippen molar-refractivity contribution >= 4 is 0 Å². The van der Waals surface area contributed by atoms with Gasteiger partial charge in [-0.2, -0.15) is 0 Å². The van der Waals surface area contributed by atoms with Crippen molar-refractivity contribution < 1.29 is 18.3 Å². The third-order valence-electron chi connectivity index (χ3n) is 2.60. The van der Waals surface area contributed by atoms with Crippen LogP contribution in [0.2, 0.25) is 0 Å². The first-order valence-corrected chi connectivity index (χ1v) is 5.14. The molecule has 2 aromatic rings. The summed E-state index contributed by atoms with van der Waals surface area (Å²) < 4.78 is 39.6. The molecule has 0 bridgehead atoms. The third-order valence-corrected chi connectivity index (χ3v) is 2.60. The number of aromatic nitrogens is 3. The second kappa shape index (κ2) is 4.77. The average molecular weight is 257 g/mol. The molecule has 0 aliphatic carbocycles. The maximum absolute atomic E-state index is 13.1. The molecule has 1 aromatic heterocycles. The minimum Gasteiger partial charge on any atom is -0.390 e. The molecule has 0 amide bonds. The van der Waals surface area contributed by atoms with Crippen LogP contribution in [-0.2, 0) is 6.61 Å². The molecule has 7 heteroatoms. The van der Waals surface area contributed by atoms with Gasteiger partial charge in [-0.15, -0.1) is 5.10 Å². The number of benzene rings is 1. The van der Waals surface area contributed by atoms with Gasteiger partial charge in [0.05, 0.1) is 23.6 Å². The van der Waals surface area contributed by atoms with E-state index < -0.39 is 17.8 Å². The van der Waals surface area contributed by atoms with Crippen molar-refractivity contribution in [2.75, 3.05) is 0 Å². The van der Waals surface area contributed by atoms with Gasteiger partial charge in [-0.05, 0) is 25.1 Å². The molecule has 2 rings (SSSR count). The van der Waals surface area contributed by atoms with Crippen molar-refractivity contribution in [3.63, 3.8) is 0 Å². The lowest BCUT2D eigenvalue weighted by molar-refractivity contribution is 0.146. The van der Waals surface area contributed by atoms with Crippen LogP contribution in [0.4, 0.5) is 13.2 Å². The summed E-state index contributed by atoms with van der Waals surface area (Å²) in [7, 11) is 0. The van der Waals surface area contributed by atoms with Gasteiger partial charge < -0.3 is 5.11 Å². The number of halogens is 3. The Hall–Kier alpha value is -1.89. The summed E-state index contributed by atoms with van der Waals surface area (Å²) in [5.74, 6) is -0.964. The largest absolute Gasteiger partial charge is 0.390 e. The minimum absolute atomic E-state index is 0.274. The summed E-state index contributed by atoms with van der Waals surface area (Å²) in [5.41, 5.74) is 0.451. The first-order chi connectivity index (χ1) is 8.54. The van der Waals surface area contributed by atoms with Gasteiger partial charge in [0, 0.05) is 0 Å². The van der Waals surface area contributed by atoms with E-state index in [-0.39, 0.29) is 12.3 Å². The van der Waals surface area contributed by atoms with Crippen LogP contribution < -0.4 is 0 Å². The van der Waals surface area contributed by atoms with Crippen LogP contribution in [0.5, 0.6) is 0 Å². The molecule has 0 atom stereocenters. The first kappa shape index (κ1) is 12.6. The van der Waals surface area contributed by atoms with Gasteiger partial charge in [0.25, 0.3) is 6.43 Å². The molecule has 0 aliphatic rings. The molecular weight excluding hydrogens is 247 g/mol. The molecule has 1 aromatic carbocycles. The number of aliphatic hydroxyl groups is 1. The van der Waals surface area contributed by atoms with E-state index >= 15 is 0 Å². The number of nitrogens with zero attached hydrogens (tertiary/aromatic N) is 3. The Balaban J connectivity index is 2.51. The predicted molar refractivity (Wildman–Crippen MR) is 56.9 cm³/mol. The van der Waals surface area contributed by atoms with Crippen LogP contribution >= 0.6 is 0 Å². The zero-order valence-corrected chi connectivity index (χ0v) is 9.44. The van der Waals surface area contributed by atoms with Crippen molar-refractivity contribution in [1.82, 2.24) is 15.0 Å².